The average Bonchev–Trinajstić information content (AvgIpc) is 3.26. The van der Waals surface area contributed by atoms with Crippen LogP contribution in [0.15, 0.2) is 29.1 Å². The highest BCUT2D eigenvalue weighted by atomic mass is 16.5. The fraction of sp³-hybridized carbons (Fsp3) is 0.529. The first-order valence-electron chi connectivity index (χ1n) is 8.26. The van der Waals surface area contributed by atoms with Crippen molar-refractivity contribution in [3.05, 3.63) is 41.9 Å². The van der Waals surface area contributed by atoms with Crippen molar-refractivity contribution >= 4 is 6.03 Å². The molecule has 1 atom stereocenters. The molecule has 0 spiro atoms. The van der Waals surface area contributed by atoms with E-state index in [4.69, 9.17) is 9.15 Å². The van der Waals surface area contributed by atoms with Crippen LogP contribution in [0.1, 0.15) is 42.0 Å². The fourth-order valence-electron chi connectivity index (χ4n) is 3.13. The number of imidazole rings is 1. The summed E-state index contributed by atoms with van der Waals surface area (Å²) in [5.41, 5.74) is 1.15. The highest BCUT2D eigenvalue weighted by Gasteiger charge is 2.27. The van der Waals surface area contributed by atoms with Gasteiger partial charge < -0.3 is 24.4 Å². The molecular formula is C17H24N4O3. The van der Waals surface area contributed by atoms with Crippen LogP contribution in [0.5, 0.6) is 0 Å². The van der Waals surface area contributed by atoms with Crippen molar-refractivity contribution in [3.8, 4) is 0 Å². The van der Waals surface area contributed by atoms with Gasteiger partial charge in [0.25, 0.3) is 0 Å². The van der Waals surface area contributed by atoms with Crippen LogP contribution < -0.4 is 5.32 Å². The number of aromatic amines is 1. The number of H-pyrrole nitrogens is 1. The molecule has 1 aliphatic rings. The summed E-state index contributed by atoms with van der Waals surface area (Å²) in [4.78, 5) is 21.6. The van der Waals surface area contributed by atoms with E-state index in [0.717, 1.165) is 43.1 Å². The normalized spacial score (nSPS) is 17.0. The number of aromatic nitrogens is 2. The van der Waals surface area contributed by atoms with Crippen molar-refractivity contribution < 1.29 is 13.9 Å². The summed E-state index contributed by atoms with van der Waals surface area (Å²) in [6, 6.07) is 3.42. The van der Waals surface area contributed by atoms with Crippen molar-refractivity contribution in [2.75, 3.05) is 26.8 Å². The number of urea groups is 1. The quantitative estimate of drug-likeness (QED) is 0.881. The lowest BCUT2D eigenvalue weighted by molar-refractivity contribution is 0.141. The molecule has 1 aliphatic heterocycles. The molecule has 1 fully saturated rings. The topological polar surface area (TPSA) is 83.4 Å². The van der Waals surface area contributed by atoms with Crippen molar-refractivity contribution in [3.63, 3.8) is 0 Å². The number of rotatable bonds is 5. The maximum Gasteiger partial charge on any atom is 0.318 e. The Labute approximate surface area is 141 Å². The number of piperidine rings is 1. The molecule has 2 aromatic heterocycles. The second-order valence-electron chi connectivity index (χ2n) is 6.17. The first kappa shape index (κ1) is 16.6. The molecule has 130 valence electrons. The van der Waals surface area contributed by atoms with Gasteiger partial charge in [-0.25, -0.2) is 9.78 Å². The van der Waals surface area contributed by atoms with Crippen molar-refractivity contribution in [2.45, 2.75) is 31.7 Å². The van der Waals surface area contributed by atoms with E-state index in [-0.39, 0.29) is 12.1 Å². The van der Waals surface area contributed by atoms with Gasteiger partial charge in [0.2, 0.25) is 0 Å². The lowest BCUT2D eigenvalue weighted by Crippen LogP contribution is -2.46. The zero-order valence-corrected chi connectivity index (χ0v) is 14.1. The average molecular weight is 332 g/mol. The first-order chi connectivity index (χ1) is 11.7. The monoisotopic (exact) mass is 332 g/mol. The van der Waals surface area contributed by atoms with Crippen LogP contribution in [-0.2, 0) is 4.74 Å². The predicted octanol–water partition coefficient (Wildman–Crippen LogP) is 2.59. The van der Waals surface area contributed by atoms with Gasteiger partial charge in [0.1, 0.15) is 17.6 Å². The van der Waals surface area contributed by atoms with E-state index in [1.165, 1.54) is 0 Å². The molecule has 2 N–H and O–H groups in total. The number of aryl methyl sites for hydroxylation is 1. The number of nitrogens with zero attached hydrogens (tertiary/aromatic N) is 2. The molecule has 0 unspecified atom stereocenters. The van der Waals surface area contributed by atoms with Gasteiger partial charge in [-0.15, -0.1) is 0 Å². The van der Waals surface area contributed by atoms with Gasteiger partial charge in [0.15, 0.2) is 0 Å². The van der Waals surface area contributed by atoms with E-state index in [1.54, 1.807) is 13.4 Å². The van der Waals surface area contributed by atoms with Crippen molar-refractivity contribution in [1.29, 1.82) is 0 Å². The molecule has 0 bridgehead atoms. The maximum atomic E-state index is 12.6. The van der Waals surface area contributed by atoms with Gasteiger partial charge in [0, 0.05) is 38.0 Å². The Morgan fingerprint density at radius 3 is 2.88 bits per heavy atom. The molecule has 0 radical (unpaired) electrons. The Morgan fingerprint density at radius 2 is 2.29 bits per heavy atom. The summed E-state index contributed by atoms with van der Waals surface area (Å²) in [5.74, 6) is 1.98. The van der Waals surface area contributed by atoms with Crippen LogP contribution in [0.4, 0.5) is 4.79 Å². The Morgan fingerprint density at radius 1 is 1.50 bits per heavy atom. The molecule has 7 heteroatoms. The van der Waals surface area contributed by atoms with Crippen LogP contribution >= 0.6 is 0 Å². The summed E-state index contributed by atoms with van der Waals surface area (Å²) in [7, 11) is 1.62. The minimum Gasteiger partial charge on any atom is -0.464 e. The van der Waals surface area contributed by atoms with Crippen LogP contribution in [0, 0.1) is 6.92 Å². The lowest BCUT2D eigenvalue weighted by atomic mass is 9.94. The second kappa shape index (κ2) is 7.53. The van der Waals surface area contributed by atoms with E-state index in [0.29, 0.717) is 12.5 Å². The highest BCUT2D eigenvalue weighted by molar-refractivity contribution is 5.74. The first-order valence-corrected chi connectivity index (χ1v) is 8.26. The SMILES string of the molecule is COC[C@@H](NC(=O)N1CCC(c2cnc[nH]2)CC1)c1ccc(C)o1. The van der Waals surface area contributed by atoms with Crippen LogP contribution in [0.3, 0.4) is 0 Å². The number of likely N-dealkylation sites (tertiary alicyclic amines) is 1. The molecule has 0 saturated carbocycles. The summed E-state index contributed by atoms with van der Waals surface area (Å²) in [5, 5.41) is 3.01. The van der Waals surface area contributed by atoms with Crippen molar-refractivity contribution in [1.82, 2.24) is 20.2 Å². The molecule has 3 heterocycles. The predicted molar refractivity (Wildman–Crippen MR) is 88.7 cm³/mol. The largest absolute Gasteiger partial charge is 0.464 e. The summed E-state index contributed by atoms with van der Waals surface area (Å²) < 4.78 is 10.8. The van der Waals surface area contributed by atoms with Crippen LogP contribution in [0.2, 0.25) is 0 Å². The molecule has 24 heavy (non-hydrogen) atoms. The second-order valence-corrected chi connectivity index (χ2v) is 6.17. The molecule has 7 nitrogen and oxygen atoms in total. The number of nitrogens with one attached hydrogen (secondary N) is 2. The van der Waals surface area contributed by atoms with E-state index < -0.39 is 0 Å². The number of carbonyl (C=O) groups is 1. The van der Waals surface area contributed by atoms with E-state index in [1.807, 2.05) is 30.2 Å². The number of hydrogen-bond donors (Lipinski definition) is 2. The van der Waals surface area contributed by atoms with Gasteiger partial charge in [-0.3, -0.25) is 0 Å². The lowest BCUT2D eigenvalue weighted by Gasteiger charge is -2.32. The van der Waals surface area contributed by atoms with Gasteiger partial charge in [-0.05, 0) is 31.9 Å². The number of furan rings is 1. The zero-order chi connectivity index (χ0) is 16.9. The smallest absolute Gasteiger partial charge is 0.318 e. The Kier molecular flexibility index (Phi) is 5.20. The van der Waals surface area contributed by atoms with E-state index >= 15 is 0 Å². The summed E-state index contributed by atoms with van der Waals surface area (Å²) in [6.07, 6.45) is 5.44. The molecule has 2 amide bonds. The number of methoxy groups -OCH3 is 1. The fourth-order valence-corrected chi connectivity index (χ4v) is 3.13. The molecule has 1 saturated heterocycles. The van der Waals surface area contributed by atoms with Gasteiger partial charge in [0.05, 0.1) is 12.9 Å². The Hall–Kier alpha value is -2.28. The third-order valence-corrected chi connectivity index (χ3v) is 4.48. The zero-order valence-electron chi connectivity index (χ0n) is 14.1. The summed E-state index contributed by atoms with van der Waals surface area (Å²) in [6.45, 7) is 3.72. The highest BCUT2D eigenvalue weighted by Crippen LogP contribution is 2.26. The van der Waals surface area contributed by atoms with E-state index in [9.17, 15) is 4.79 Å². The molecular weight excluding hydrogens is 308 g/mol. The Balaban J connectivity index is 1.56. The minimum absolute atomic E-state index is 0.0748. The van der Waals surface area contributed by atoms with Gasteiger partial charge in [-0.2, -0.15) is 0 Å². The molecule has 0 aliphatic carbocycles. The third-order valence-electron chi connectivity index (χ3n) is 4.48. The Bertz CT molecular complexity index is 645. The van der Waals surface area contributed by atoms with Gasteiger partial charge in [-0.1, -0.05) is 0 Å². The standard InChI is InChI=1S/C17H24N4O3/c1-12-3-4-16(24-12)15(10-23-2)20-17(22)21-7-5-13(6-8-21)14-9-18-11-19-14/h3-4,9,11,13,15H,5-8,10H2,1-2H3,(H,18,19)(H,20,22)/t15-/m1/s1. The number of carbonyl (C=O) groups excluding carboxylic acids is 1. The van der Waals surface area contributed by atoms with Crippen molar-refractivity contribution in [2.24, 2.45) is 0 Å². The molecule has 3 rings (SSSR count). The number of amides is 2. The molecule has 2 aromatic rings. The van der Waals surface area contributed by atoms with Gasteiger partial charge >= 0.3 is 6.03 Å². The number of hydrogen-bond acceptors (Lipinski definition) is 4. The third kappa shape index (κ3) is 3.79. The molecule has 0 aromatic carbocycles. The minimum atomic E-state index is -0.276. The summed E-state index contributed by atoms with van der Waals surface area (Å²) >= 11 is 0. The van der Waals surface area contributed by atoms with E-state index in [2.05, 4.69) is 15.3 Å². The maximum absolute atomic E-state index is 12.6. The number of ether oxygens (including phenoxy) is 1. The van der Waals surface area contributed by atoms with Crippen LogP contribution in [-0.4, -0.2) is 47.7 Å². The van der Waals surface area contributed by atoms with Crippen LogP contribution in [0.25, 0.3) is 0 Å².